The summed E-state index contributed by atoms with van der Waals surface area (Å²) in [5.74, 6) is 4.51. The second-order valence-electron chi connectivity index (χ2n) is 5.87. The zero-order chi connectivity index (χ0) is 18.9. The molecule has 0 bridgehead atoms. The fourth-order valence-electron chi connectivity index (χ4n) is 2.25. The van der Waals surface area contributed by atoms with Gasteiger partial charge in [0.2, 0.25) is 0 Å². The fourth-order valence-corrected chi connectivity index (χ4v) is 2.25. The van der Waals surface area contributed by atoms with E-state index in [0.29, 0.717) is 5.57 Å². The number of allylic oxidation sites excluding steroid dienone is 3. The number of ether oxygens (including phenoxy) is 2. The van der Waals surface area contributed by atoms with Crippen molar-refractivity contribution in [3.8, 4) is 11.8 Å². The van der Waals surface area contributed by atoms with Gasteiger partial charge in [-0.05, 0) is 25.8 Å². The van der Waals surface area contributed by atoms with Crippen LogP contribution >= 0.6 is 0 Å². The monoisotopic (exact) mass is 340 g/mol. The SMILES string of the molecule is C=C(C#CCC(CC=C(C)C)(C(=O)OC)C(=O)OC)c1ccccc1. The van der Waals surface area contributed by atoms with E-state index in [1.165, 1.54) is 14.2 Å². The first-order valence-electron chi connectivity index (χ1n) is 7.90. The molecule has 4 nitrogen and oxygen atoms in total. The van der Waals surface area contributed by atoms with Crippen LogP contribution in [0.3, 0.4) is 0 Å². The lowest BCUT2D eigenvalue weighted by molar-refractivity contribution is -0.168. The molecular weight excluding hydrogens is 316 g/mol. The van der Waals surface area contributed by atoms with Crippen molar-refractivity contribution >= 4 is 17.5 Å². The normalized spacial score (nSPS) is 10.1. The molecule has 1 aromatic rings. The Morgan fingerprint density at radius 3 is 2.16 bits per heavy atom. The Morgan fingerprint density at radius 1 is 1.12 bits per heavy atom. The summed E-state index contributed by atoms with van der Waals surface area (Å²) in [4.78, 5) is 24.7. The van der Waals surface area contributed by atoms with Crippen molar-refractivity contribution in [1.82, 2.24) is 0 Å². The predicted octanol–water partition coefficient (Wildman–Crippen LogP) is 3.78. The van der Waals surface area contributed by atoms with Crippen LogP contribution in [0.25, 0.3) is 5.57 Å². The van der Waals surface area contributed by atoms with Gasteiger partial charge in [-0.2, -0.15) is 0 Å². The lowest BCUT2D eigenvalue weighted by Crippen LogP contribution is -2.40. The molecule has 1 rings (SSSR count). The van der Waals surface area contributed by atoms with Crippen molar-refractivity contribution in [1.29, 1.82) is 0 Å². The standard InChI is InChI=1S/C21H24O4/c1-16(2)13-15-21(19(22)24-4,20(23)25-5)14-9-10-17(3)18-11-7-6-8-12-18/h6-8,11-13H,3,14-15H2,1-2,4-5H3. The van der Waals surface area contributed by atoms with Crippen molar-refractivity contribution < 1.29 is 19.1 Å². The van der Waals surface area contributed by atoms with Crippen LogP contribution in [0.15, 0.2) is 48.6 Å². The maximum atomic E-state index is 12.4. The lowest BCUT2D eigenvalue weighted by Gasteiger charge is -2.25. The van der Waals surface area contributed by atoms with E-state index in [9.17, 15) is 9.59 Å². The molecule has 0 unspecified atom stereocenters. The smallest absolute Gasteiger partial charge is 0.324 e. The Bertz CT molecular complexity index is 697. The summed E-state index contributed by atoms with van der Waals surface area (Å²) in [5, 5.41) is 0. The van der Waals surface area contributed by atoms with Gasteiger partial charge in [-0.25, -0.2) is 0 Å². The summed E-state index contributed by atoms with van der Waals surface area (Å²) in [6.45, 7) is 7.71. The Kier molecular flexibility index (Phi) is 7.68. The summed E-state index contributed by atoms with van der Waals surface area (Å²) in [6.07, 6.45) is 1.96. The van der Waals surface area contributed by atoms with Crippen LogP contribution in [-0.4, -0.2) is 26.2 Å². The number of esters is 2. The topological polar surface area (TPSA) is 52.6 Å². The average molecular weight is 340 g/mol. The third-order valence-corrected chi connectivity index (χ3v) is 3.76. The van der Waals surface area contributed by atoms with Crippen molar-refractivity contribution in [2.75, 3.05) is 14.2 Å². The van der Waals surface area contributed by atoms with E-state index in [1.807, 2.05) is 50.3 Å². The second kappa shape index (κ2) is 9.48. The number of carbonyl (C=O) groups is 2. The van der Waals surface area contributed by atoms with E-state index in [1.54, 1.807) is 0 Å². The second-order valence-corrected chi connectivity index (χ2v) is 5.87. The van der Waals surface area contributed by atoms with Gasteiger partial charge < -0.3 is 9.47 Å². The van der Waals surface area contributed by atoms with Gasteiger partial charge in [-0.15, -0.1) is 0 Å². The first-order chi connectivity index (χ1) is 11.9. The Balaban J connectivity index is 3.14. The van der Waals surface area contributed by atoms with Gasteiger partial charge >= 0.3 is 11.9 Å². The molecule has 1 aromatic carbocycles. The summed E-state index contributed by atoms with van der Waals surface area (Å²) in [7, 11) is 2.50. The maximum absolute atomic E-state index is 12.4. The van der Waals surface area contributed by atoms with Crippen molar-refractivity contribution in [3.05, 3.63) is 54.1 Å². The van der Waals surface area contributed by atoms with Crippen LogP contribution in [0, 0.1) is 17.3 Å². The van der Waals surface area contributed by atoms with Gasteiger partial charge in [0.25, 0.3) is 0 Å². The van der Waals surface area contributed by atoms with Gasteiger partial charge in [-0.1, -0.05) is 60.4 Å². The van der Waals surface area contributed by atoms with Crippen molar-refractivity contribution in [3.63, 3.8) is 0 Å². The van der Waals surface area contributed by atoms with E-state index >= 15 is 0 Å². The van der Waals surface area contributed by atoms with Gasteiger partial charge in [0.1, 0.15) is 0 Å². The quantitative estimate of drug-likeness (QED) is 0.342. The molecule has 0 aliphatic rings. The van der Waals surface area contributed by atoms with E-state index in [0.717, 1.165) is 11.1 Å². The molecule has 0 N–H and O–H groups in total. The molecule has 132 valence electrons. The number of hydrogen-bond donors (Lipinski definition) is 0. The van der Waals surface area contributed by atoms with Crippen LogP contribution in [0.2, 0.25) is 0 Å². The van der Waals surface area contributed by atoms with Crippen molar-refractivity contribution in [2.45, 2.75) is 26.7 Å². The highest BCUT2D eigenvalue weighted by atomic mass is 16.5. The van der Waals surface area contributed by atoms with E-state index < -0.39 is 17.4 Å². The van der Waals surface area contributed by atoms with Crippen LogP contribution in [0.5, 0.6) is 0 Å². The molecule has 0 aromatic heterocycles. The molecule has 0 amide bonds. The highest BCUT2D eigenvalue weighted by molar-refractivity contribution is 6.00. The molecule has 0 saturated carbocycles. The molecule has 0 heterocycles. The number of methoxy groups -OCH3 is 2. The molecular formula is C21H24O4. The summed E-state index contributed by atoms with van der Waals surface area (Å²) >= 11 is 0. The molecule has 0 radical (unpaired) electrons. The third-order valence-electron chi connectivity index (χ3n) is 3.76. The average Bonchev–Trinajstić information content (AvgIpc) is 2.63. The van der Waals surface area contributed by atoms with Crippen LogP contribution in [-0.2, 0) is 19.1 Å². The number of rotatable bonds is 6. The molecule has 0 fully saturated rings. The summed E-state index contributed by atoms with van der Waals surface area (Å²) in [6, 6.07) is 9.49. The Labute approximate surface area is 149 Å². The number of hydrogen-bond acceptors (Lipinski definition) is 4. The Morgan fingerprint density at radius 2 is 1.68 bits per heavy atom. The van der Waals surface area contributed by atoms with E-state index in [2.05, 4.69) is 18.4 Å². The molecule has 0 aliphatic heterocycles. The van der Waals surface area contributed by atoms with Gasteiger partial charge in [0.05, 0.1) is 14.2 Å². The van der Waals surface area contributed by atoms with Crippen LogP contribution < -0.4 is 0 Å². The lowest BCUT2D eigenvalue weighted by atomic mass is 9.80. The first kappa shape index (κ1) is 20.2. The van der Waals surface area contributed by atoms with E-state index in [4.69, 9.17) is 9.47 Å². The minimum absolute atomic E-state index is 0.0119. The zero-order valence-electron chi connectivity index (χ0n) is 15.2. The van der Waals surface area contributed by atoms with Crippen LogP contribution in [0.4, 0.5) is 0 Å². The molecule has 0 aliphatic carbocycles. The highest BCUT2D eigenvalue weighted by Crippen LogP contribution is 2.31. The minimum atomic E-state index is -1.48. The molecule has 0 atom stereocenters. The van der Waals surface area contributed by atoms with Gasteiger partial charge in [0, 0.05) is 12.0 Å². The molecule has 0 saturated heterocycles. The van der Waals surface area contributed by atoms with Crippen LogP contribution in [0.1, 0.15) is 32.3 Å². The van der Waals surface area contributed by atoms with Crippen molar-refractivity contribution in [2.24, 2.45) is 5.41 Å². The number of carbonyl (C=O) groups excluding carboxylic acids is 2. The minimum Gasteiger partial charge on any atom is -0.468 e. The summed E-state index contributed by atoms with van der Waals surface area (Å²) < 4.78 is 9.71. The molecule has 4 heteroatoms. The predicted molar refractivity (Wildman–Crippen MR) is 98.4 cm³/mol. The third kappa shape index (κ3) is 5.36. The highest BCUT2D eigenvalue weighted by Gasteiger charge is 2.47. The van der Waals surface area contributed by atoms with E-state index in [-0.39, 0.29) is 12.8 Å². The largest absolute Gasteiger partial charge is 0.468 e. The fraction of sp³-hybridized carbons (Fsp3) is 0.333. The number of benzene rings is 1. The summed E-state index contributed by atoms with van der Waals surface area (Å²) in [5.41, 5.74) is 1.01. The maximum Gasteiger partial charge on any atom is 0.324 e. The van der Waals surface area contributed by atoms with Gasteiger partial charge in [-0.3, -0.25) is 9.59 Å². The first-order valence-corrected chi connectivity index (χ1v) is 7.90. The zero-order valence-corrected chi connectivity index (χ0v) is 15.2. The van der Waals surface area contributed by atoms with Gasteiger partial charge in [0.15, 0.2) is 5.41 Å². The molecule has 0 spiro atoms. The Hall–Kier alpha value is -2.80. The molecule has 25 heavy (non-hydrogen) atoms.